The molecule has 0 aliphatic heterocycles. The third-order valence-corrected chi connectivity index (χ3v) is 5.66. The molecule has 2 amide bonds. The second kappa shape index (κ2) is 13.1. The first-order chi connectivity index (χ1) is 16.9. The first-order valence-corrected chi connectivity index (χ1v) is 11.7. The lowest BCUT2D eigenvalue weighted by Crippen LogP contribution is -2.54. The van der Waals surface area contributed by atoms with Crippen molar-refractivity contribution in [1.29, 1.82) is 0 Å². The summed E-state index contributed by atoms with van der Waals surface area (Å²) in [7, 11) is 0. The van der Waals surface area contributed by atoms with E-state index in [9.17, 15) is 19.5 Å². The smallest absolute Gasteiger partial charge is 0.320 e. The van der Waals surface area contributed by atoms with Crippen LogP contribution < -0.4 is 16.0 Å². The van der Waals surface area contributed by atoms with Gasteiger partial charge in [0.1, 0.15) is 12.1 Å². The number of amides is 2. The van der Waals surface area contributed by atoms with E-state index in [1.165, 1.54) is 6.92 Å². The largest absolute Gasteiger partial charge is 0.480 e. The van der Waals surface area contributed by atoms with E-state index in [1.54, 1.807) is 12.1 Å². The molecule has 3 aromatic rings. The van der Waals surface area contributed by atoms with Crippen LogP contribution in [0.1, 0.15) is 24.5 Å². The van der Waals surface area contributed by atoms with Crippen LogP contribution in [-0.2, 0) is 27.2 Å². The van der Waals surface area contributed by atoms with Gasteiger partial charge in [0.05, 0.1) is 6.04 Å². The lowest BCUT2D eigenvalue weighted by molar-refractivity contribution is -0.139. The molecular formula is C28H31N3O4. The van der Waals surface area contributed by atoms with Gasteiger partial charge in [-0.1, -0.05) is 78.9 Å². The molecule has 4 N–H and O–H groups in total. The lowest BCUT2D eigenvalue weighted by atomic mass is 10.0. The number of anilines is 1. The highest BCUT2D eigenvalue weighted by molar-refractivity contribution is 5.98. The van der Waals surface area contributed by atoms with E-state index >= 15 is 0 Å². The minimum absolute atomic E-state index is 0.297. The van der Waals surface area contributed by atoms with Crippen LogP contribution in [0.5, 0.6) is 0 Å². The van der Waals surface area contributed by atoms with E-state index in [1.807, 2.05) is 78.9 Å². The van der Waals surface area contributed by atoms with Crippen molar-refractivity contribution in [3.05, 3.63) is 102 Å². The Labute approximate surface area is 205 Å². The normalized spacial score (nSPS) is 13.3. The number of aliphatic carboxylic acids is 1. The second-order valence-electron chi connectivity index (χ2n) is 8.41. The van der Waals surface area contributed by atoms with E-state index in [-0.39, 0.29) is 5.91 Å². The van der Waals surface area contributed by atoms with Crippen molar-refractivity contribution in [3.8, 4) is 0 Å². The molecule has 0 radical (unpaired) electrons. The monoisotopic (exact) mass is 473 g/mol. The maximum Gasteiger partial charge on any atom is 0.320 e. The number of nitrogens with one attached hydrogen (secondary N) is 3. The summed E-state index contributed by atoms with van der Waals surface area (Å²) in [4.78, 5) is 37.9. The van der Waals surface area contributed by atoms with Crippen molar-refractivity contribution in [2.24, 2.45) is 0 Å². The number of aryl methyl sites for hydroxylation is 1. The van der Waals surface area contributed by atoms with Crippen LogP contribution in [0.2, 0.25) is 0 Å². The molecule has 0 fully saturated rings. The highest BCUT2D eigenvalue weighted by atomic mass is 16.4. The number of carbonyl (C=O) groups excluding carboxylic acids is 2. The molecule has 0 saturated heterocycles. The van der Waals surface area contributed by atoms with Crippen LogP contribution in [-0.4, -0.2) is 41.0 Å². The molecule has 0 heterocycles. The number of benzene rings is 3. The summed E-state index contributed by atoms with van der Waals surface area (Å²) in [6.45, 7) is 1.49. The third kappa shape index (κ3) is 8.39. The number of carboxylic acid groups (broad SMARTS) is 1. The van der Waals surface area contributed by atoms with Gasteiger partial charge in [0.25, 0.3) is 0 Å². The summed E-state index contributed by atoms with van der Waals surface area (Å²) in [5.74, 6) is -1.81. The predicted molar refractivity (Wildman–Crippen MR) is 136 cm³/mol. The summed E-state index contributed by atoms with van der Waals surface area (Å²) in [5.41, 5.74) is 2.56. The highest BCUT2D eigenvalue weighted by Gasteiger charge is 2.28. The predicted octanol–water partition coefficient (Wildman–Crippen LogP) is 3.42. The van der Waals surface area contributed by atoms with Crippen LogP contribution in [0.25, 0.3) is 0 Å². The Hall–Kier alpha value is -3.97. The number of rotatable bonds is 12. The molecule has 0 saturated carbocycles. The molecule has 3 rings (SSSR count). The molecular weight excluding hydrogens is 442 g/mol. The summed E-state index contributed by atoms with van der Waals surface area (Å²) < 4.78 is 0. The Morgan fingerprint density at radius 3 is 1.86 bits per heavy atom. The maximum atomic E-state index is 13.3. The molecule has 7 nitrogen and oxygen atoms in total. The molecule has 35 heavy (non-hydrogen) atoms. The van der Waals surface area contributed by atoms with Crippen LogP contribution in [0.15, 0.2) is 91.0 Å². The summed E-state index contributed by atoms with van der Waals surface area (Å²) in [6, 6.07) is 25.6. The fourth-order valence-electron chi connectivity index (χ4n) is 3.70. The van der Waals surface area contributed by atoms with Crippen molar-refractivity contribution < 1.29 is 19.5 Å². The molecule has 0 aromatic heterocycles. The number of carbonyl (C=O) groups is 3. The van der Waals surface area contributed by atoms with Gasteiger partial charge in [0.2, 0.25) is 11.8 Å². The van der Waals surface area contributed by atoms with Crippen LogP contribution in [0.4, 0.5) is 5.69 Å². The first kappa shape index (κ1) is 25.6. The SMILES string of the molecule is C[C@@H](N[C@@H](CCc1ccccc1)C(=O)N[C@@H](Cc1ccccc1)C(=O)Nc1ccccc1)C(=O)O. The topological polar surface area (TPSA) is 108 Å². The third-order valence-electron chi connectivity index (χ3n) is 5.66. The van der Waals surface area contributed by atoms with Gasteiger partial charge in [0.15, 0.2) is 0 Å². The molecule has 182 valence electrons. The zero-order chi connectivity index (χ0) is 25.0. The van der Waals surface area contributed by atoms with Gasteiger partial charge >= 0.3 is 5.97 Å². The minimum Gasteiger partial charge on any atom is -0.480 e. The summed E-state index contributed by atoms with van der Waals surface area (Å²) in [6.07, 6.45) is 1.26. The van der Waals surface area contributed by atoms with Gasteiger partial charge in [-0.25, -0.2) is 0 Å². The Morgan fingerprint density at radius 1 is 0.743 bits per heavy atom. The fourth-order valence-corrected chi connectivity index (χ4v) is 3.70. The number of hydrogen-bond acceptors (Lipinski definition) is 4. The van der Waals surface area contributed by atoms with Gasteiger partial charge < -0.3 is 15.7 Å². The van der Waals surface area contributed by atoms with Gasteiger partial charge in [-0.3, -0.25) is 19.7 Å². The number of hydrogen-bond donors (Lipinski definition) is 4. The Morgan fingerprint density at radius 2 is 1.29 bits per heavy atom. The zero-order valence-corrected chi connectivity index (χ0v) is 19.7. The fraction of sp³-hybridized carbons (Fsp3) is 0.250. The number of para-hydroxylation sites is 1. The van der Waals surface area contributed by atoms with Gasteiger partial charge in [0, 0.05) is 12.1 Å². The average molecular weight is 474 g/mol. The quantitative estimate of drug-likeness (QED) is 0.322. The lowest BCUT2D eigenvalue weighted by Gasteiger charge is -2.25. The van der Waals surface area contributed by atoms with E-state index in [2.05, 4.69) is 16.0 Å². The van der Waals surface area contributed by atoms with Crippen LogP contribution in [0, 0.1) is 0 Å². The van der Waals surface area contributed by atoms with E-state index in [0.29, 0.717) is 24.9 Å². The van der Waals surface area contributed by atoms with Gasteiger partial charge in [-0.05, 0) is 43.0 Å². The van der Waals surface area contributed by atoms with Crippen LogP contribution in [0.3, 0.4) is 0 Å². The van der Waals surface area contributed by atoms with Crippen molar-refractivity contribution >= 4 is 23.5 Å². The molecule has 0 bridgehead atoms. The van der Waals surface area contributed by atoms with Crippen molar-refractivity contribution in [1.82, 2.24) is 10.6 Å². The van der Waals surface area contributed by atoms with Crippen molar-refractivity contribution in [2.75, 3.05) is 5.32 Å². The maximum absolute atomic E-state index is 13.3. The Balaban J connectivity index is 1.76. The molecule has 3 aromatic carbocycles. The van der Waals surface area contributed by atoms with E-state index in [4.69, 9.17) is 0 Å². The molecule has 0 aliphatic carbocycles. The van der Waals surface area contributed by atoms with Crippen LogP contribution >= 0.6 is 0 Å². The van der Waals surface area contributed by atoms with Crippen molar-refractivity contribution in [2.45, 2.75) is 44.3 Å². The van der Waals surface area contributed by atoms with E-state index in [0.717, 1.165) is 11.1 Å². The Bertz CT molecular complexity index is 1090. The zero-order valence-electron chi connectivity index (χ0n) is 19.7. The van der Waals surface area contributed by atoms with Crippen molar-refractivity contribution in [3.63, 3.8) is 0 Å². The first-order valence-electron chi connectivity index (χ1n) is 11.7. The van der Waals surface area contributed by atoms with Gasteiger partial charge in [-0.15, -0.1) is 0 Å². The molecule has 0 unspecified atom stereocenters. The van der Waals surface area contributed by atoms with Gasteiger partial charge in [-0.2, -0.15) is 0 Å². The number of carboxylic acids is 1. The standard InChI is InChI=1S/C28H31N3O4/c1-20(28(34)35)29-24(18-17-21-11-5-2-6-12-21)26(32)31-25(19-22-13-7-3-8-14-22)27(33)30-23-15-9-4-10-16-23/h2-16,20,24-25,29H,17-19H2,1H3,(H,30,33)(H,31,32)(H,34,35)/t20-,24+,25+/m1/s1. The summed E-state index contributed by atoms with van der Waals surface area (Å²) >= 11 is 0. The Kier molecular flexibility index (Phi) is 9.57. The molecule has 3 atom stereocenters. The summed E-state index contributed by atoms with van der Waals surface area (Å²) in [5, 5.41) is 18.0. The van der Waals surface area contributed by atoms with E-state index < -0.39 is 30.0 Å². The average Bonchev–Trinajstić information content (AvgIpc) is 2.87. The highest BCUT2D eigenvalue weighted by Crippen LogP contribution is 2.11. The molecule has 0 spiro atoms. The molecule has 0 aliphatic rings. The molecule has 7 heteroatoms. The second-order valence-corrected chi connectivity index (χ2v) is 8.41. The minimum atomic E-state index is -1.05.